The molecule has 4 rings (SSSR count). The molecule has 152 valence electrons. The van der Waals surface area contributed by atoms with Crippen LogP contribution in [-0.2, 0) is 11.3 Å². The van der Waals surface area contributed by atoms with Gasteiger partial charge in [0.15, 0.2) is 0 Å². The molecule has 1 aliphatic heterocycles. The van der Waals surface area contributed by atoms with Gasteiger partial charge < -0.3 is 4.42 Å². The van der Waals surface area contributed by atoms with Crippen molar-refractivity contribution in [3.8, 4) is 11.3 Å². The van der Waals surface area contributed by atoms with Gasteiger partial charge in [0.2, 0.25) is 0 Å². The second-order valence-corrected chi connectivity index (χ2v) is 8.93. The molecule has 30 heavy (non-hydrogen) atoms. The van der Waals surface area contributed by atoms with Crippen molar-refractivity contribution < 1.29 is 14.0 Å². The summed E-state index contributed by atoms with van der Waals surface area (Å²) in [5.74, 6) is 0.492. The van der Waals surface area contributed by atoms with E-state index in [-0.39, 0.29) is 16.7 Å². The summed E-state index contributed by atoms with van der Waals surface area (Å²) in [6.07, 6.45) is 1.52. The molecule has 2 amide bonds. The molecule has 0 saturated carbocycles. The zero-order chi connectivity index (χ0) is 21.4. The van der Waals surface area contributed by atoms with Gasteiger partial charge in [0, 0.05) is 21.7 Å². The molecule has 0 bridgehead atoms. The highest BCUT2D eigenvalue weighted by atomic mass is 35.5. The van der Waals surface area contributed by atoms with Crippen molar-refractivity contribution in [1.29, 1.82) is 0 Å². The number of halogens is 4. The number of furan rings is 1. The smallest absolute Gasteiger partial charge is 0.293 e. The number of carbonyl (C=O) groups excluding carboxylic acids is 2. The maximum Gasteiger partial charge on any atom is 0.293 e. The Hall–Kier alpha value is -1.89. The molecule has 0 N–H and O–H groups in total. The van der Waals surface area contributed by atoms with Crippen molar-refractivity contribution >= 4 is 75.4 Å². The number of thioether (sulfide) groups is 1. The number of hydrogen-bond donors (Lipinski definition) is 0. The van der Waals surface area contributed by atoms with E-state index in [2.05, 4.69) is 0 Å². The highest BCUT2D eigenvalue weighted by Crippen LogP contribution is 2.37. The van der Waals surface area contributed by atoms with E-state index in [1.165, 1.54) is 6.08 Å². The minimum absolute atomic E-state index is 0.0551. The van der Waals surface area contributed by atoms with Crippen LogP contribution in [0.4, 0.5) is 4.79 Å². The normalized spacial score (nSPS) is 15.5. The van der Waals surface area contributed by atoms with Crippen molar-refractivity contribution in [1.82, 2.24) is 4.90 Å². The van der Waals surface area contributed by atoms with Crippen LogP contribution in [0.15, 0.2) is 57.9 Å². The quantitative estimate of drug-likeness (QED) is 0.344. The summed E-state index contributed by atoms with van der Waals surface area (Å²) in [6.45, 7) is 0.0551. The average Bonchev–Trinajstić information content (AvgIpc) is 3.26. The molecule has 2 heterocycles. The van der Waals surface area contributed by atoms with Gasteiger partial charge in [-0.2, -0.15) is 0 Å². The van der Waals surface area contributed by atoms with Crippen LogP contribution in [0.25, 0.3) is 17.4 Å². The number of carbonyl (C=O) groups is 2. The molecule has 1 fully saturated rings. The molecule has 0 atom stereocenters. The molecule has 1 saturated heterocycles. The van der Waals surface area contributed by atoms with E-state index in [4.69, 9.17) is 50.8 Å². The Kier molecular flexibility index (Phi) is 6.19. The van der Waals surface area contributed by atoms with Crippen molar-refractivity contribution in [3.63, 3.8) is 0 Å². The first kappa shape index (κ1) is 21.3. The van der Waals surface area contributed by atoms with E-state index in [0.717, 1.165) is 16.7 Å². The Bertz CT molecular complexity index is 1200. The highest BCUT2D eigenvalue weighted by Gasteiger charge is 2.35. The Balaban J connectivity index is 1.57. The van der Waals surface area contributed by atoms with Crippen molar-refractivity contribution in [2.75, 3.05) is 0 Å². The minimum Gasteiger partial charge on any atom is -0.457 e. The predicted molar refractivity (Wildman–Crippen MR) is 122 cm³/mol. The summed E-state index contributed by atoms with van der Waals surface area (Å²) < 4.78 is 5.79. The molecule has 0 spiro atoms. The van der Waals surface area contributed by atoms with Crippen LogP contribution in [-0.4, -0.2) is 16.0 Å². The first-order chi connectivity index (χ1) is 14.3. The summed E-state index contributed by atoms with van der Waals surface area (Å²) in [5, 5.41) is 1.27. The SMILES string of the molecule is O=C1S/C(=C/c2ccc(-c3cccc(Cl)c3Cl)o2)C(=O)N1Cc1ccc(Cl)cc1Cl. The van der Waals surface area contributed by atoms with Gasteiger partial charge in [0.1, 0.15) is 11.5 Å². The Morgan fingerprint density at radius 2 is 1.77 bits per heavy atom. The fourth-order valence-electron chi connectivity index (χ4n) is 2.86. The monoisotopic (exact) mass is 497 g/mol. The fourth-order valence-corrected chi connectivity index (χ4v) is 4.54. The number of amides is 2. The number of nitrogens with zero attached hydrogens (tertiary/aromatic N) is 1. The lowest BCUT2D eigenvalue weighted by Gasteiger charge is -2.13. The molecule has 0 unspecified atom stereocenters. The second-order valence-electron chi connectivity index (χ2n) is 6.31. The molecule has 1 aliphatic rings. The van der Waals surface area contributed by atoms with Crippen LogP contribution in [0.3, 0.4) is 0 Å². The molecule has 2 aromatic carbocycles. The standard InChI is InChI=1S/C21H11Cl4NO3S/c22-12-5-4-11(16(24)8-12)10-26-20(27)18(30-21(26)28)9-13-6-7-17(29-13)14-2-1-3-15(23)19(14)25/h1-9H,10H2/b18-9+. The van der Waals surface area contributed by atoms with Crippen LogP contribution in [0.5, 0.6) is 0 Å². The van der Waals surface area contributed by atoms with E-state index < -0.39 is 5.91 Å². The van der Waals surface area contributed by atoms with E-state index >= 15 is 0 Å². The van der Waals surface area contributed by atoms with Crippen molar-refractivity contribution in [3.05, 3.63) is 84.9 Å². The van der Waals surface area contributed by atoms with Crippen molar-refractivity contribution in [2.24, 2.45) is 0 Å². The third-order valence-corrected chi connectivity index (χ3v) is 6.65. The van der Waals surface area contributed by atoms with E-state index in [9.17, 15) is 9.59 Å². The number of benzene rings is 2. The maximum absolute atomic E-state index is 12.7. The number of imide groups is 1. The predicted octanol–water partition coefficient (Wildman–Crippen LogP) is 7.80. The Morgan fingerprint density at radius 3 is 2.53 bits per heavy atom. The summed E-state index contributed by atoms with van der Waals surface area (Å²) in [5.41, 5.74) is 1.26. The lowest BCUT2D eigenvalue weighted by atomic mass is 10.2. The lowest BCUT2D eigenvalue weighted by molar-refractivity contribution is -0.123. The molecule has 0 aliphatic carbocycles. The summed E-state index contributed by atoms with van der Waals surface area (Å²) >= 11 is 25.2. The number of hydrogen-bond acceptors (Lipinski definition) is 4. The van der Waals surface area contributed by atoms with Crippen LogP contribution in [0.1, 0.15) is 11.3 Å². The average molecular weight is 499 g/mol. The first-order valence-electron chi connectivity index (χ1n) is 8.57. The molecule has 0 radical (unpaired) electrons. The largest absolute Gasteiger partial charge is 0.457 e. The zero-order valence-corrected chi connectivity index (χ0v) is 18.8. The maximum atomic E-state index is 12.7. The van der Waals surface area contributed by atoms with E-state index in [1.807, 2.05) is 0 Å². The van der Waals surface area contributed by atoms with Gasteiger partial charge in [-0.3, -0.25) is 14.5 Å². The van der Waals surface area contributed by atoms with E-state index in [1.54, 1.807) is 48.5 Å². The van der Waals surface area contributed by atoms with Gasteiger partial charge >= 0.3 is 0 Å². The molecule has 9 heteroatoms. The Labute approximate surface area is 196 Å². The molecular weight excluding hydrogens is 488 g/mol. The molecule has 4 nitrogen and oxygen atoms in total. The van der Waals surface area contributed by atoms with Gasteiger partial charge in [-0.1, -0.05) is 58.5 Å². The van der Waals surface area contributed by atoms with Gasteiger partial charge in [-0.25, -0.2) is 0 Å². The summed E-state index contributed by atoms with van der Waals surface area (Å²) in [4.78, 5) is 26.5. The second kappa shape index (κ2) is 8.69. The minimum atomic E-state index is -0.422. The van der Waals surface area contributed by atoms with Gasteiger partial charge in [0.25, 0.3) is 11.1 Å². The topological polar surface area (TPSA) is 50.5 Å². The van der Waals surface area contributed by atoms with Crippen LogP contribution < -0.4 is 0 Å². The summed E-state index contributed by atoms with van der Waals surface area (Å²) in [6, 6.07) is 13.5. The Morgan fingerprint density at radius 1 is 0.967 bits per heavy atom. The van der Waals surface area contributed by atoms with E-state index in [0.29, 0.717) is 42.7 Å². The molecular formula is C21H11Cl4NO3S. The van der Waals surface area contributed by atoms with Gasteiger partial charge in [0.05, 0.1) is 21.5 Å². The fraction of sp³-hybridized carbons (Fsp3) is 0.0476. The first-order valence-corrected chi connectivity index (χ1v) is 10.9. The molecule has 3 aromatic rings. The van der Waals surface area contributed by atoms with Gasteiger partial charge in [-0.05, 0) is 53.7 Å². The van der Waals surface area contributed by atoms with Crippen LogP contribution in [0, 0.1) is 0 Å². The highest BCUT2D eigenvalue weighted by molar-refractivity contribution is 8.18. The van der Waals surface area contributed by atoms with Crippen molar-refractivity contribution in [2.45, 2.75) is 6.54 Å². The van der Waals surface area contributed by atoms with Crippen LogP contribution in [0.2, 0.25) is 20.1 Å². The molecule has 1 aromatic heterocycles. The van der Waals surface area contributed by atoms with Gasteiger partial charge in [-0.15, -0.1) is 0 Å². The lowest BCUT2D eigenvalue weighted by Crippen LogP contribution is -2.27. The third kappa shape index (κ3) is 4.27. The zero-order valence-electron chi connectivity index (χ0n) is 15.0. The number of rotatable bonds is 4. The third-order valence-electron chi connectivity index (χ3n) is 4.33. The van der Waals surface area contributed by atoms with Crippen LogP contribution >= 0.6 is 58.2 Å². The summed E-state index contributed by atoms with van der Waals surface area (Å²) in [7, 11) is 0.